The number of carbonyl (C=O) groups is 1. The van der Waals surface area contributed by atoms with Gasteiger partial charge in [-0.1, -0.05) is 0 Å². The first-order valence-corrected chi connectivity index (χ1v) is 7.48. The van der Waals surface area contributed by atoms with E-state index in [2.05, 4.69) is 4.74 Å². The van der Waals surface area contributed by atoms with Gasteiger partial charge in [0.05, 0.1) is 7.11 Å². The quantitative estimate of drug-likeness (QED) is 0.507. The van der Waals surface area contributed by atoms with Gasteiger partial charge in [0.25, 0.3) is 5.91 Å². The molecule has 0 aliphatic carbocycles. The highest BCUT2D eigenvalue weighted by atomic mass is 19.4. The Morgan fingerprint density at radius 2 is 1.32 bits per heavy atom. The van der Waals surface area contributed by atoms with E-state index in [1.54, 1.807) is 0 Å². The highest BCUT2D eigenvalue weighted by molar-refractivity contribution is 5.97. The summed E-state index contributed by atoms with van der Waals surface area (Å²) in [6, 6.07) is -11.0. The number of carbonyl (C=O) groups excluding carboxylic acids is 1. The van der Waals surface area contributed by atoms with E-state index in [9.17, 15) is 57.5 Å². The Morgan fingerprint density at radius 3 is 1.68 bits per heavy atom. The minimum Gasteiger partial charge on any atom is -0.497 e. The molecule has 0 saturated carbocycles. The third-order valence-electron chi connectivity index (χ3n) is 3.85. The summed E-state index contributed by atoms with van der Waals surface area (Å²) in [6.45, 7) is 0. The lowest BCUT2D eigenvalue weighted by molar-refractivity contribution is -0.582. The minimum absolute atomic E-state index is 0.00543. The number of morpholine rings is 1. The lowest BCUT2D eigenvalue weighted by atomic mass is 10.1. The summed E-state index contributed by atoms with van der Waals surface area (Å²) in [7, 11) is 1.12. The number of nitrogens with one attached hydrogen (secondary N) is 1. The normalized spacial score (nSPS) is 24.2. The van der Waals surface area contributed by atoms with Crippen LogP contribution in [0.1, 0.15) is 0 Å². The molecule has 1 heterocycles. The van der Waals surface area contributed by atoms with Gasteiger partial charge in [0.2, 0.25) is 0 Å². The second-order valence-electron chi connectivity index (χ2n) is 5.86. The molecule has 1 N–H and O–H groups in total. The third kappa shape index (κ3) is 3.62. The fraction of sp³-hybridized carbons (Fsp3) is 0.500. The van der Waals surface area contributed by atoms with E-state index >= 15 is 0 Å². The monoisotopic (exact) mass is 480 g/mol. The SMILES string of the molecule is COc1ccc(NC(=O)[C@](F)(N2C(F)(F)C(F)(F)OC(F)(F)C2(F)F)C(F)(F)F)cc1. The van der Waals surface area contributed by atoms with Crippen molar-refractivity contribution in [3.63, 3.8) is 0 Å². The van der Waals surface area contributed by atoms with Gasteiger partial charge in [-0.05, 0) is 24.3 Å². The van der Waals surface area contributed by atoms with E-state index in [4.69, 9.17) is 0 Å². The Balaban J connectivity index is 2.67. The van der Waals surface area contributed by atoms with Crippen molar-refractivity contribution in [3.05, 3.63) is 24.3 Å². The first-order chi connectivity index (χ1) is 13.8. The molecule has 2 rings (SSSR count). The van der Waals surface area contributed by atoms with Crippen molar-refractivity contribution in [2.24, 2.45) is 0 Å². The van der Waals surface area contributed by atoms with Gasteiger partial charge >= 0.3 is 36.3 Å². The van der Waals surface area contributed by atoms with E-state index in [0.717, 1.165) is 24.6 Å². The number of hydrogen-bond donors (Lipinski definition) is 1. The number of methoxy groups -OCH3 is 1. The molecule has 0 spiro atoms. The maximum atomic E-state index is 14.8. The van der Waals surface area contributed by atoms with Crippen molar-refractivity contribution in [3.8, 4) is 5.75 Å². The van der Waals surface area contributed by atoms with Gasteiger partial charge in [0.1, 0.15) is 5.75 Å². The van der Waals surface area contributed by atoms with Crippen molar-refractivity contribution in [1.29, 1.82) is 0 Å². The molecule has 1 aromatic rings. The third-order valence-corrected chi connectivity index (χ3v) is 3.85. The average molecular weight is 480 g/mol. The molecule has 31 heavy (non-hydrogen) atoms. The van der Waals surface area contributed by atoms with E-state index in [1.165, 1.54) is 0 Å². The molecule has 5 nitrogen and oxygen atoms in total. The summed E-state index contributed by atoms with van der Waals surface area (Å²) in [4.78, 5) is 8.31. The van der Waals surface area contributed by atoms with E-state index in [1.807, 2.05) is 4.74 Å². The van der Waals surface area contributed by atoms with Crippen LogP contribution in [0.5, 0.6) is 5.75 Å². The lowest BCUT2D eigenvalue weighted by Gasteiger charge is -2.51. The molecule has 0 radical (unpaired) electrons. The Labute approximate surface area is 163 Å². The summed E-state index contributed by atoms with van der Waals surface area (Å²) < 4.78 is 169. The van der Waals surface area contributed by atoms with Crippen LogP contribution in [0.4, 0.5) is 58.4 Å². The molecule has 1 atom stereocenters. The molecular formula is C14H8F12N2O3. The van der Waals surface area contributed by atoms with Gasteiger partial charge in [-0.15, -0.1) is 4.90 Å². The van der Waals surface area contributed by atoms with Crippen LogP contribution in [0.25, 0.3) is 0 Å². The van der Waals surface area contributed by atoms with Gasteiger partial charge in [-0.2, -0.15) is 48.3 Å². The van der Waals surface area contributed by atoms with E-state index in [-0.39, 0.29) is 5.75 Å². The highest BCUT2D eigenvalue weighted by Gasteiger charge is 2.90. The predicted molar refractivity (Wildman–Crippen MR) is 74.2 cm³/mol. The molecule has 1 aliphatic rings. The summed E-state index contributed by atoms with van der Waals surface area (Å²) in [5, 5.41) is 0.939. The molecule has 17 heteroatoms. The van der Waals surface area contributed by atoms with Crippen molar-refractivity contribution in [2.45, 2.75) is 36.3 Å². The summed E-state index contributed by atoms with van der Waals surface area (Å²) in [6.07, 6.45) is -20.7. The zero-order valence-corrected chi connectivity index (χ0v) is 14.5. The smallest absolute Gasteiger partial charge is 0.446 e. The number of amides is 1. The van der Waals surface area contributed by atoms with Crippen molar-refractivity contribution in [2.75, 3.05) is 12.4 Å². The number of hydrogen-bond acceptors (Lipinski definition) is 4. The number of alkyl halides is 12. The van der Waals surface area contributed by atoms with Gasteiger partial charge < -0.3 is 10.1 Å². The van der Waals surface area contributed by atoms with Crippen LogP contribution >= 0.6 is 0 Å². The standard InChI is InChI=1S/C14H8F12N2O3/c1-30-7-4-2-6(3-5-7)27-8(29)9(15,10(16,17)18)28-11(19,20)13(23,24)31-14(25,26)12(28,21)22/h2-5H,1H3,(H,27,29)/t9-/m0/s1. The summed E-state index contributed by atoms with van der Waals surface area (Å²) >= 11 is 0. The van der Waals surface area contributed by atoms with Gasteiger partial charge in [0.15, 0.2) is 0 Å². The number of halogens is 12. The van der Waals surface area contributed by atoms with E-state index < -0.39 is 52.8 Å². The second-order valence-corrected chi connectivity index (χ2v) is 5.86. The Bertz CT molecular complexity index is 816. The molecule has 0 bridgehead atoms. The maximum Gasteiger partial charge on any atom is 0.446 e. The molecule has 1 aliphatic heterocycles. The topological polar surface area (TPSA) is 50.8 Å². The van der Waals surface area contributed by atoms with Gasteiger partial charge in [-0.25, -0.2) is 9.13 Å². The number of nitrogens with zero attached hydrogens (tertiary/aromatic N) is 1. The molecular weight excluding hydrogens is 472 g/mol. The second kappa shape index (κ2) is 7.04. The molecule has 0 unspecified atom stereocenters. The molecule has 1 aromatic carbocycles. The number of benzene rings is 1. The van der Waals surface area contributed by atoms with E-state index in [0.29, 0.717) is 12.1 Å². The minimum atomic E-state index is -7.15. The Hall–Kier alpha value is -2.43. The Morgan fingerprint density at radius 1 is 0.903 bits per heavy atom. The molecule has 1 saturated heterocycles. The largest absolute Gasteiger partial charge is 0.497 e. The van der Waals surface area contributed by atoms with Crippen LogP contribution in [0.15, 0.2) is 24.3 Å². The number of anilines is 1. The van der Waals surface area contributed by atoms with Crippen LogP contribution in [0, 0.1) is 0 Å². The lowest BCUT2D eigenvalue weighted by Crippen LogP contribution is -2.82. The van der Waals surface area contributed by atoms with Crippen LogP contribution < -0.4 is 10.1 Å². The fourth-order valence-electron chi connectivity index (χ4n) is 2.35. The van der Waals surface area contributed by atoms with Gasteiger partial charge in [0, 0.05) is 5.69 Å². The van der Waals surface area contributed by atoms with Crippen molar-refractivity contribution < 1.29 is 67.0 Å². The van der Waals surface area contributed by atoms with Gasteiger partial charge in [-0.3, -0.25) is 4.79 Å². The van der Waals surface area contributed by atoms with Crippen LogP contribution in [0.2, 0.25) is 0 Å². The molecule has 1 fully saturated rings. The van der Waals surface area contributed by atoms with Crippen LogP contribution in [-0.4, -0.2) is 54.2 Å². The summed E-state index contributed by atoms with van der Waals surface area (Å²) in [5.41, 5.74) is -0.851. The van der Waals surface area contributed by atoms with Crippen molar-refractivity contribution in [1.82, 2.24) is 4.90 Å². The molecule has 0 aromatic heterocycles. The number of rotatable bonds is 4. The fourth-order valence-corrected chi connectivity index (χ4v) is 2.35. The highest BCUT2D eigenvalue weighted by Crippen LogP contribution is 2.60. The van der Waals surface area contributed by atoms with Crippen molar-refractivity contribution >= 4 is 11.6 Å². The Kier molecular flexibility index (Phi) is 5.64. The van der Waals surface area contributed by atoms with Crippen LogP contribution in [0.3, 0.4) is 0 Å². The molecule has 176 valence electrons. The zero-order valence-electron chi connectivity index (χ0n) is 14.5. The first-order valence-electron chi connectivity index (χ1n) is 7.48. The first kappa shape index (κ1) is 24.8. The zero-order chi connectivity index (χ0) is 24.3. The average Bonchev–Trinajstić information content (AvgIpc) is 2.58. The summed E-state index contributed by atoms with van der Waals surface area (Å²) in [5.74, 6) is -10.2. The maximum absolute atomic E-state index is 14.8. The predicted octanol–water partition coefficient (Wildman–Crippen LogP) is 4.57. The molecule has 1 amide bonds. The number of ether oxygens (including phenoxy) is 2. The van der Waals surface area contributed by atoms with Crippen LogP contribution in [-0.2, 0) is 9.53 Å².